The van der Waals surface area contributed by atoms with Crippen LogP contribution < -0.4 is 10.6 Å². The molecule has 11 nitrogen and oxygen atoms in total. The highest BCUT2D eigenvalue weighted by atomic mass is 32.1. The number of hydrogen-bond donors (Lipinski definition) is 2. The first kappa shape index (κ1) is 26.4. The van der Waals surface area contributed by atoms with E-state index in [2.05, 4.69) is 44.9 Å². The first-order valence-corrected chi connectivity index (χ1v) is 12.8. The summed E-state index contributed by atoms with van der Waals surface area (Å²) >= 11 is 0.987. The Bertz CT molecular complexity index is 1730. The van der Waals surface area contributed by atoms with Gasteiger partial charge < -0.3 is 10.6 Å². The molecule has 5 rings (SSSR count). The number of aromatic nitrogens is 7. The smallest absolute Gasteiger partial charge is 0.270 e. The van der Waals surface area contributed by atoms with Crippen molar-refractivity contribution in [2.24, 2.45) is 0 Å². The molecule has 0 spiro atoms. The number of halogens is 1. The van der Waals surface area contributed by atoms with Crippen LogP contribution in [0.5, 0.6) is 0 Å². The van der Waals surface area contributed by atoms with E-state index in [1.807, 2.05) is 26.0 Å². The summed E-state index contributed by atoms with van der Waals surface area (Å²) in [4.78, 5) is 38.6. The molecule has 5 aromatic heterocycles. The van der Waals surface area contributed by atoms with Gasteiger partial charge in [-0.3, -0.25) is 19.7 Å². The zero-order chi connectivity index (χ0) is 28.2. The van der Waals surface area contributed by atoms with Gasteiger partial charge in [-0.25, -0.2) is 14.4 Å². The number of amides is 1. The quantitative estimate of drug-likeness (QED) is 0.290. The van der Waals surface area contributed by atoms with Crippen molar-refractivity contribution >= 4 is 29.2 Å². The lowest BCUT2D eigenvalue weighted by molar-refractivity contribution is 0.0935. The van der Waals surface area contributed by atoms with Gasteiger partial charge in [0.2, 0.25) is 11.0 Å². The standard InChI is InChI=1S/C27H21FN10OS/c1-14-8-23(36-27-37-24(10-29)40-38-27)35-25(33-14)18-5-7-22(32-12-18)26(39)34-15(2)17-4-6-21(31-11-17)20-9-19(28)13-30-16(20)3/h4-9,11-13,15H,1-3H3,(H,34,39)(H,33,35,36,38). The molecule has 0 radical (unpaired) electrons. The van der Waals surface area contributed by atoms with E-state index in [1.54, 1.807) is 37.4 Å². The van der Waals surface area contributed by atoms with Gasteiger partial charge >= 0.3 is 0 Å². The lowest BCUT2D eigenvalue weighted by Gasteiger charge is -2.14. The van der Waals surface area contributed by atoms with Crippen molar-refractivity contribution in [1.82, 2.24) is 39.6 Å². The van der Waals surface area contributed by atoms with E-state index < -0.39 is 5.82 Å². The predicted molar refractivity (Wildman–Crippen MR) is 146 cm³/mol. The highest BCUT2D eigenvalue weighted by Gasteiger charge is 2.15. The molecule has 5 aromatic rings. The Labute approximate surface area is 232 Å². The Morgan fingerprint density at radius 2 is 1.88 bits per heavy atom. The van der Waals surface area contributed by atoms with Crippen LogP contribution in [0.4, 0.5) is 16.2 Å². The highest BCUT2D eigenvalue weighted by molar-refractivity contribution is 7.06. The number of aryl methyl sites for hydroxylation is 2. The molecule has 0 bridgehead atoms. The minimum Gasteiger partial charge on any atom is -0.344 e. The second kappa shape index (κ2) is 11.3. The molecule has 0 saturated carbocycles. The van der Waals surface area contributed by atoms with Crippen LogP contribution in [0.1, 0.15) is 45.4 Å². The van der Waals surface area contributed by atoms with Crippen molar-refractivity contribution in [3.63, 3.8) is 0 Å². The minimum absolute atomic E-state index is 0.225. The average molecular weight is 553 g/mol. The molecular formula is C27H21FN10OS. The van der Waals surface area contributed by atoms with E-state index in [4.69, 9.17) is 5.26 Å². The van der Waals surface area contributed by atoms with Gasteiger partial charge in [0.15, 0.2) is 5.82 Å². The fourth-order valence-electron chi connectivity index (χ4n) is 3.80. The van der Waals surface area contributed by atoms with Crippen LogP contribution in [0.2, 0.25) is 0 Å². The summed E-state index contributed by atoms with van der Waals surface area (Å²) in [7, 11) is 0. The fourth-order valence-corrected chi connectivity index (χ4v) is 4.23. The van der Waals surface area contributed by atoms with Gasteiger partial charge in [-0.05, 0) is 62.1 Å². The molecule has 1 amide bonds. The Kier molecular flexibility index (Phi) is 7.43. The molecule has 0 aromatic carbocycles. The minimum atomic E-state index is -0.431. The summed E-state index contributed by atoms with van der Waals surface area (Å²) in [5.41, 5.74) is 4.19. The third-order valence-electron chi connectivity index (χ3n) is 5.83. The molecule has 198 valence electrons. The monoisotopic (exact) mass is 552 g/mol. The van der Waals surface area contributed by atoms with Gasteiger partial charge in [0.25, 0.3) is 5.91 Å². The number of hydrogen-bond acceptors (Lipinski definition) is 11. The molecule has 0 aliphatic rings. The van der Waals surface area contributed by atoms with E-state index in [9.17, 15) is 9.18 Å². The number of nitrogens with one attached hydrogen (secondary N) is 2. The molecule has 0 aliphatic heterocycles. The number of carbonyl (C=O) groups excluding carboxylic acids is 1. The number of anilines is 2. The third-order valence-corrected chi connectivity index (χ3v) is 6.45. The van der Waals surface area contributed by atoms with Gasteiger partial charge in [-0.2, -0.15) is 14.6 Å². The SMILES string of the molecule is Cc1cc(Nc2nsc(C#N)n2)nc(-c2ccc(C(=O)NC(C)c3ccc(-c4cc(F)cnc4C)nc3)nc2)n1. The molecule has 13 heteroatoms. The predicted octanol–water partition coefficient (Wildman–Crippen LogP) is 4.71. The molecule has 0 saturated heterocycles. The second-order valence-corrected chi connectivity index (χ2v) is 9.52. The lowest BCUT2D eigenvalue weighted by Crippen LogP contribution is -2.27. The van der Waals surface area contributed by atoms with Crippen LogP contribution in [-0.4, -0.2) is 40.2 Å². The van der Waals surface area contributed by atoms with Gasteiger partial charge in [-0.15, -0.1) is 0 Å². The van der Waals surface area contributed by atoms with Crippen LogP contribution in [0, 0.1) is 31.0 Å². The third kappa shape index (κ3) is 5.92. The Morgan fingerprint density at radius 3 is 2.58 bits per heavy atom. The van der Waals surface area contributed by atoms with Gasteiger partial charge in [0.05, 0.1) is 17.9 Å². The fraction of sp³-hybridized carbons (Fsp3) is 0.148. The largest absolute Gasteiger partial charge is 0.344 e. The number of nitrogens with zero attached hydrogens (tertiary/aromatic N) is 8. The van der Waals surface area contributed by atoms with Gasteiger partial charge in [0.1, 0.15) is 23.4 Å². The van der Waals surface area contributed by atoms with E-state index in [-0.39, 0.29) is 28.6 Å². The average Bonchev–Trinajstić information content (AvgIpc) is 3.41. The highest BCUT2D eigenvalue weighted by Crippen LogP contribution is 2.23. The van der Waals surface area contributed by atoms with Crippen LogP contribution in [0.25, 0.3) is 22.6 Å². The Hall–Kier alpha value is -5.22. The van der Waals surface area contributed by atoms with E-state index in [1.165, 1.54) is 18.5 Å². The van der Waals surface area contributed by atoms with Crippen molar-refractivity contribution in [2.45, 2.75) is 26.8 Å². The van der Waals surface area contributed by atoms with Gasteiger partial charge in [-0.1, -0.05) is 6.07 Å². The summed E-state index contributed by atoms with van der Waals surface area (Å²) in [6.07, 6.45) is 4.34. The summed E-state index contributed by atoms with van der Waals surface area (Å²) in [6.45, 7) is 5.45. The summed E-state index contributed by atoms with van der Waals surface area (Å²) < 4.78 is 17.7. The topological polar surface area (TPSA) is 155 Å². The maximum absolute atomic E-state index is 13.6. The number of pyridine rings is 3. The van der Waals surface area contributed by atoms with E-state index in [0.29, 0.717) is 39.9 Å². The van der Waals surface area contributed by atoms with E-state index in [0.717, 1.165) is 17.1 Å². The summed E-state index contributed by atoms with van der Waals surface area (Å²) in [5.74, 6) is 0.351. The molecule has 0 fully saturated rings. The maximum atomic E-state index is 13.6. The zero-order valence-electron chi connectivity index (χ0n) is 21.5. The van der Waals surface area contributed by atoms with E-state index >= 15 is 0 Å². The summed E-state index contributed by atoms with van der Waals surface area (Å²) in [6, 6.07) is 11.6. The lowest BCUT2D eigenvalue weighted by atomic mass is 10.1. The zero-order valence-corrected chi connectivity index (χ0v) is 22.4. The number of carbonyl (C=O) groups is 1. The van der Waals surface area contributed by atoms with Crippen molar-refractivity contribution in [2.75, 3.05) is 5.32 Å². The molecule has 40 heavy (non-hydrogen) atoms. The van der Waals surface area contributed by atoms with Crippen molar-refractivity contribution < 1.29 is 9.18 Å². The summed E-state index contributed by atoms with van der Waals surface area (Å²) in [5, 5.41) is 15.1. The van der Waals surface area contributed by atoms with Crippen molar-refractivity contribution in [3.8, 4) is 28.7 Å². The molecule has 1 unspecified atom stereocenters. The number of rotatable bonds is 7. The molecule has 2 N–H and O–H groups in total. The van der Waals surface area contributed by atoms with Crippen LogP contribution in [0.15, 0.2) is 55.0 Å². The first-order valence-electron chi connectivity index (χ1n) is 12.0. The Balaban J connectivity index is 1.26. The van der Waals surface area contributed by atoms with Crippen molar-refractivity contribution in [1.29, 1.82) is 5.26 Å². The first-order chi connectivity index (χ1) is 19.3. The maximum Gasteiger partial charge on any atom is 0.270 e. The van der Waals surface area contributed by atoms with Gasteiger partial charge in [0, 0.05) is 41.0 Å². The van der Waals surface area contributed by atoms with Crippen LogP contribution in [-0.2, 0) is 0 Å². The van der Waals surface area contributed by atoms with Crippen LogP contribution in [0.3, 0.4) is 0 Å². The molecule has 1 atom stereocenters. The molecular weight excluding hydrogens is 531 g/mol. The normalized spacial score (nSPS) is 11.5. The second-order valence-electron chi connectivity index (χ2n) is 8.77. The Morgan fingerprint density at radius 1 is 1.02 bits per heavy atom. The molecule has 0 aliphatic carbocycles. The van der Waals surface area contributed by atoms with Crippen molar-refractivity contribution in [3.05, 3.63) is 88.5 Å². The van der Waals surface area contributed by atoms with Crippen LogP contribution >= 0.6 is 11.5 Å². The molecule has 5 heterocycles. The number of nitriles is 1.